The molecule has 156 valence electrons. The second kappa shape index (κ2) is 12.4. The first-order valence-corrected chi connectivity index (χ1v) is 10.9. The van der Waals surface area contributed by atoms with Gasteiger partial charge in [-0.2, -0.15) is 5.26 Å². The van der Waals surface area contributed by atoms with E-state index in [9.17, 15) is 4.39 Å². The highest BCUT2D eigenvalue weighted by Crippen LogP contribution is 2.39. The zero-order chi connectivity index (χ0) is 21.1. The predicted octanol–water partition coefficient (Wildman–Crippen LogP) is 6.67. The van der Waals surface area contributed by atoms with E-state index in [4.69, 9.17) is 5.26 Å². The summed E-state index contributed by atoms with van der Waals surface area (Å²) in [5.74, 6) is 0.147. The van der Waals surface area contributed by atoms with Gasteiger partial charge in [0.25, 0.3) is 0 Å². The fraction of sp³-hybridized carbons (Fsp3) is 0.500. The van der Waals surface area contributed by atoms with Crippen molar-refractivity contribution in [3.63, 3.8) is 0 Å². The maximum absolute atomic E-state index is 13.6. The molecule has 1 aliphatic rings. The standard InChI is InChI=1S/C24H32FN.C2H3N/c1-3-17-26(18-21-7-5-4-6-8-21)19(2)9-10-20-11-13-22(14-12-20)23-15-16-24(23)25;1-2-3/h4-8,11-14,19,23-24H,3,9-10,15-18H2,1-2H3;1H3. The Balaban J connectivity index is 0.000000941. The highest BCUT2D eigenvalue weighted by molar-refractivity contribution is 5.28. The number of alkyl halides is 1. The molecule has 3 heteroatoms. The van der Waals surface area contributed by atoms with Gasteiger partial charge in [-0.25, -0.2) is 4.39 Å². The van der Waals surface area contributed by atoms with Crippen molar-refractivity contribution in [1.82, 2.24) is 4.90 Å². The molecule has 3 rings (SSSR count). The second-order valence-corrected chi connectivity index (χ2v) is 8.01. The number of nitrogens with zero attached hydrogens (tertiary/aromatic N) is 2. The molecule has 0 bridgehead atoms. The van der Waals surface area contributed by atoms with E-state index in [1.165, 1.54) is 30.0 Å². The Labute approximate surface area is 176 Å². The summed E-state index contributed by atoms with van der Waals surface area (Å²) in [4.78, 5) is 2.59. The highest BCUT2D eigenvalue weighted by atomic mass is 19.1. The minimum Gasteiger partial charge on any atom is -0.296 e. The van der Waals surface area contributed by atoms with Gasteiger partial charge in [-0.1, -0.05) is 61.5 Å². The van der Waals surface area contributed by atoms with Gasteiger partial charge in [0.05, 0.1) is 6.07 Å². The Morgan fingerprint density at radius 1 is 1.07 bits per heavy atom. The summed E-state index contributed by atoms with van der Waals surface area (Å²) in [7, 11) is 0. The molecule has 0 aliphatic heterocycles. The molecular formula is C26H35FN2. The third-order valence-electron chi connectivity index (χ3n) is 5.81. The van der Waals surface area contributed by atoms with Gasteiger partial charge in [-0.3, -0.25) is 4.90 Å². The van der Waals surface area contributed by atoms with Crippen LogP contribution in [0.15, 0.2) is 54.6 Å². The lowest BCUT2D eigenvalue weighted by atomic mass is 9.78. The van der Waals surface area contributed by atoms with Crippen LogP contribution in [-0.2, 0) is 13.0 Å². The molecule has 0 heterocycles. The Bertz CT molecular complexity index is 736. The predicted molar refractivity (Wildman–Crippen MR) is 120 cm³/mol. The first-order valence-electron chi connectivity index (χ1n) is 10.9. The Kier molecular flexibility index (Phi) is 9.88. The van der Waals surface area contributed by atoms with Gasteiger partial charge in [0, 0.05) is 25.4 Å². The monoisotopic (exact) mass is 394 g/mol. The Morgan fingerprint density at radius 2 is 1.72 bits per heavy atom. The van der Waals surface area contributed by atoms with E-state index in [1.807, 2.05) is 0 Å². The van der Waals surface area contributed by atoms with Gasteiger partial charge in [0.15, 0.2) is 0 Å². The lowest BCUT2D eigenvalue weighted by Crippen LogP contribution is -2.33. The highest BCUT2D eigenvalue weighted by Gasteiger charge is 2.31. The SMILES string of the molecule is CC#N.CCCN(Cc1ccccc1)C(C)CCc1ccc(C2CCC2F)cc1. The summed E-state index contributed by atoms with van der Waals surface area (Å²) in [6.07, 6.45) is 4.53. The van der Waals surface area contributed by atoms with Crippen LogP contribution in [0.1, 0.15) is 69.1 Å². The number of nitriles is 1. The maximum atomic E-state index is 13.6. The lowest BCUT2D eigenvalue weighted by Gasteiger charge is -2.31. The number of benzene rings is 2. The van der Waals surface area contributed by atoms with Gasteiger partial charge < -0.3 is 0 Å². The van der Waals surface area contributed by atoms with Gasteiger partial charge in [0.2, 0.25) is 0 Å². The molecule has 2 nitrogen and oxygen atoms in total. The summed E-state index contributed by atoms with van der Waals surface area (Å²) in [6, 6.07) is 21.7. The zero-order valence-corrected chi connectivity index (χ0v) is 18.2. The molecule has 2 aromatic rings. The average molecular weight is 395 g/mol. The van der Waals surface area contributed by atoms with E-state index in [-0.39, 0.29) is 5.92 Å². The lowest BCUT2D eigenvalue weighted by molar-refractivity contribution is 0.170. The molecule has 0 saturated heterocycles. The molecule has 3 atom stereocenters. The second-order valence-electron chi connectivity index (χ2n) is 8.01. The van der Waals surface area contributed by atoms with E-state index in [0.717, 1.165) is 38.8 Å². The fourth-order valence-electron chi connectivity index (χ4n) is 3.88. The van der Waals surface area contributed by atoms with Crippen LogP contribution < -0.4 is 0 Å². The van der Waals surface area contributed by atoms with Crippen molar-refractivity contribution in [3.8, 4) is 6.07 Å². The van der Waals surface area contributed by atoms with Crippen molar-refractivity contribution in [2.24, 2.45) is 0 Å². The molecule has 0 radical (unpaired) electrons. The third kappa shape index (κ3) is 7.29. The van der Waals surface area contributed by atoms with Crippen molar-refractivity contribution in [2.45, 2.75) is 77.6 Å². The molecule has 2 aromatic carbocycles. The first kappa shape index (κ1) is 23.1. The van der Waals surface area contributed by atoms with Gasteiger partial charge in [-0.05, 0) is 62.3 Å². The fourth-order valence-corrected chi connectivity index (χ4v) is 3.88. The van der Waals surface area contributed by atoms with Crippen molar-refractivity contribution in [3.05, 3.63) is 71.3 Å². The quantitative estimate of drug-likeness (QED) is 0.475. The van der Waals surface area contributed by atoms with Crippen LogP contribution in [0.25, 0.3) is 0 Å². The zero-order valence-electron chi connectivity index (χ0n) is 18.2. The summed E-state index contributed by atoms with van der Waals surface area (Å²) in [6.45, 7) is 8.18. The first-order chi connectivity index (χ1) is 14.1. The third-order valence-corrected chi connectivity index (χ3v) is 5.81. The van der Waals surface area contributed by atoms with Gasteiger partial charge >= 0.3 is 0 Å². The summed E-state index contributed by atoms with van der Waals surface area (Å²) in [5, 5.41) is 7.32. The van der Waals surface area contributed by atoms with Crippen LogP contribution in [0.4, 0.5) is 4.39 Å². The van der Waals surface area contributed by atoms with Crippen molar-refractivity contribution >= 4 is 0 Å². The molecule has 1 saturated carbocycles. The average Bonchev–Trinajstić information content (AvgIpc) is 2.73. The van der Waals surface area contributed by atoms with E-state index < -0.39 is 6.17 Å². The van der Waals surface area contributed by atoms with Crippen LogP contribution >= 0.6 is 0 Å². The molecule has 3 unspecified atom stereocenters. The van der Waals surface area contributed by atoms with Crippen molar-refractivity contribution in [1.29, 1.82) is 5.26 Å². The summed E-state index contributed by atoms with van der Waals surface area (Å²) < 4.78 is 13.6. The van der Waals surface area contributed by atoms with Crippen molar-refractivity contribution < 1.29 is 4.39 Å². The molecule has 0 spiro atoms. The minimum atomic E-state index is -0.624. The maximum Gasteiger partial charge on any atom is 0.107 e. The molecule has 0 aromatic heterocycles. The summed E-state index contributed by atoms with van der Waals surface area (Å²) >= 11 is 0. The van der Waals surface area contributed by atoms with Crippen LogP contribution in [0.2, 0.25) is 0 Å². The van der Waals surface area contributed by atoms with Crippen LogP contribution in [0.3, 0.4) is 0 Å². The molecule has 29 heavy (non-hydrogen) atoms. The van der Waals surface area contributed by atoms with Crippen LogP contribution in [0, 0.1) is 11.3 Å². The topological polar surface area (TPSA) is 27.0 Å². The number of rotatable bonds is 9. The van der Waals surface area contributed by atoms with Gasteiger partial charge in [-0.15, -0.1) is 0 Å². The van der Waals surface area contributed by atoms with E-state index in [1.54, 1.807) is 6.07 Å². The number of aryl methyl sites for hydroxylation is 1. The van der Waals surface area contributed by atoms with Crippen molar-refractivity contribution in [2.75, 3.05) is 6.54 Å². The number of hydrogen-bond acceptors (Lipinski definition) is 2. The largest absolute Gasteiger partial charge is 0.296 e. The minimum absolute atomic E-state index is 0.147. The van der Waals surface area contributed by atoms with Crippen LogP contribution in [0.5, 0.6) is 0 Å². The van der Waals surface area contributed by atoms with E-state index in [2.05, 4.69) is 73.3 Å². The van der Waals surface area contributed by atoms with Gasteiger partial charge in [0.1, 0.15) is 6.17 Å². The Hall–Kier alpha value is -2.18. The molecule has 1 aliphatic carbocycles. The molecule has 0 amide bonds. The smallest absolute Gasteiger partial charge is 0.107 e. The molecule has 1 fully saturated rings. The Morgan fingerprint density at radius 3 is 2.24 bits per heavy atom. The summed E-state index contributed by atoms with van der Waals surface area (Å²) in [5.41, 5.74) is 3.93. The number of hydrogen-bond donors (Lipinski definition) is 0. The van der Waals surface area contributed by atoms with E-state index >= 15 is 0 Å². The molecular weight excluding hydrogens is 359 g/mol. The molecule has 0 N–H and O–H groups in total. The van der Waals surface area contributed by atoms with E-state index in [0.29, 0.717) is 6.04 Å². The normalized spacial score (nSPS) is 18.9. The van der Waals surface area contributed by atoms with Crippen LogP contribution in [-0.4, -0.2) is 23.7 Å². The number of halogens is 1.